The second kappa shape index (κ2) is 4.00. The van der Waals surface area contributed by atoms with E-state index in [1.807, 2.05) is 17.7 Å². The van der Waals surface area contributed by atoms with Crippen LogP contribution in [0.1, 0.15) is 29.8 Å². The predicted molar refractivity (Wildman–Crippen MR) is 66.4 cm³/mol. The molecule has 2 aromatic rings. The van der Waals surface area contributed by atoms with Crippen LogP contribution in [0.5, 0.6) is 0 Å². The van der Waals surface area contributed by atoms with Crippen LogP contribution >= 0.6 is 0 Å². The lowest BCUT2D eigenvalue weighted by atomic mass is 10.1. The molecule has 3 nitrogen and oxygen atoms in total. The molecule has 0 aliphatic carbocycles. The zero-order valence-electron chi connectivity index (χ0n) is 9.94. The monoisotopic (exact) mass is 215 g/mol. The maximum absolute atomic E-state index is 5.91. The molecule has 1 unspecified atom stereocenters. The number of anilines is 1. The van der Waals surface area contributed by atoms with Gasteiger partial charge in [-0.05, 0) is 26.3 Å². The van der Waals surface area contributed by atoms with E-state index in [1.165, 1.54) is 11.1 Å². The number of rotatable bonds is 2. The third-order valence-electron chi connectivity index (χ3n) is 2.81. The Bertz CT molecular complexity index is 482. The lowest BCUT2D eigenvalue weighted by molar-refractivity contribution is 0.569. The summed E-state index contributed by atoms with van der Waals surface area (Å²) in [6.45, 7) is 6.14. The van der Waals surface area contributed by atoms with Gasteiger partial charge in [-0.25, -0.2) is 4.68 Å². The molecule has 1 atom stereocenters. The van der Waals surface area contributed by atoms with Gasteiger partial charge in [0.05, 0.1) is 11.7 Å². The summed E-state index contributed by atoms with van der Waals surface area (Å²) in [4.78, 5) is 0. The second-order valence-corrected chi connectivity index (χ2v) is 4.24. The summed E-state index contributed by atoms with van der Waals surface area (Å²) in [5.74, 6) is 0.713. The van der Waals surface area contributed by atoms with Crippen molar-refractivity contribution < 1.29 is 0 Å². The lowest BCUT2D eigenvalue weighted by Gasteiger charge is -2.14. The smallest absolute Gasteiger partial charge is 0.122 e. The third-order valence-corrected chi connectivity index (χ3v) is 2.81. The Morgan fingerprint density at radius 1 is 1.19 bits per heavy atom. The van der Waals surface area contributed by atoms with E-state index in [1.54, 1.807) is 0 Å². The number of nitrogens with two attached hydrogens (primary N) is 1. The average molecular weight is 215 g/mol. The van der Waals surface area contributed by atoms with Crippen LogP contribution < -0.4 is 5.73 Å². The van der Waals surface area contributed by atoms with Crippen molar-refractivity contribution in [2.24, 2.45) is 0 Å². The molecule has 0 bridgehead atoms. The van der Waals surface area contributed by atoms with Crippen LogP contribution in [-0.2, 0) is 0 Å². The van der Waals surface area contributed by atoms with Crippen molar-refractivity contribution in [2.75, 3.05) is 5.73 Å². The van der Waals surface area contributed by atoms with Gasteiger partial charge < -0.3 is 5.73 Å². The van der Waals surface area contributed by atoms with Crippen molar-refractivity contribution in [3.8, 4) is 0 Å². The van der Waals surface area contributed by atoms with E-state index >= 15 is 0 Å². The highest BCUT2D eigenvalue weighted by Crippen LogP contribution is 2.21. The molecule has 2 N–H and O–H groups in total. The zero-order chi connectivity index (χ0) is 11.7. The summed E-state index contributed by atoms with van der Waals surface area (Å²) in [5.41, 5.74) is 9.35. The van der Waals surface area contributed by atoms with Crippen molar-refractivity contribution >= 4 is 5.82 Å². The summed E-state index contributed by atoms with van der Waals surface area (Å²) in [6.07, 6.45) is 0. The van der Waals surface area contributed by atoms with Crippen LogP contribution in [0.15, 0.2) is 30.3 Å². The fourth-order valence-electron chi connectivity index (χ4n) is 1.83. The Morgan fingerprint density at radius 3 is 2.31 bits per heavy atom. The minimum absolute atomic E-state index is 0.175. The lowest BCUT2D eigenvalue weighted by Crippen LogP contribution is -2.11. The minimum Gasteiger partial charge on any atom is -0.384 e. The molecule has 1 heterocycles. The van der Waals surface area contributed by atoms with Crippen LogP contribution in [0.4, 0.5) is 5.82 Å². The predicted octanol–water partition coefficient (Wildman–Crippen LogP) is 2.69. The molecule has 0 saturated carbocycles. The molecule has 1 aromatic carbocycles. The van der Waals surface area contributed by atoms with Gasteiger partial charge >= 0.3 is 0 Å². The summed E-state index contributed by atoms with van der Waals surface area (Å²) in [7, 11) is 0. The van der Waals surface area contributed by atoms with Crippen molar-refractivity contribution in [1.29, 1.82) is 0 Å². The molecule has 0 radical (unpaired) electrons. The van der Waals surface area contributed by atoms with E-state index in [0.717, 1.165) is 5.69 Å². The first-order valence-electron chi connectivity index (χ1n) is 5.46. The highest BCUT2D eigenvalue weighted by molar-refractivity contribution is 5.33. The van der Waals surface area contributed by atoms with Crippen molar-refractivity contribution in [3.63, 3.8) is 0 Å². The zero-order valence-corrected chi connectivity index (χ0v) is 9.94. The van der Waals surface area contributed by atoms with Gasteiger partial charge in [0.2, 0.25) is 0 Å². The number of aromatic nitrogens is 2. The molecule has 0 spiro atoms. The molecule has 84 valence electrons. The van der Waals surface area contributed by atoms with Gasteiger partial charge in [0, 0.05) is 6.07 Å². The molecule has 0 aliphatic heterocycles. The topological polar surface area (TPSA) is 43.8 Å². The van der Waals surface area contributed by atoms with Gasteiger partial charge in [-0.1, -0.05) is 29.8 Å². The maximum Gasteiger partial charge on any atom is 0.122 e. The molecule has 16 heavy (non-hydrogen) atoms. The van der Waals surface area contributed by atoms with Gasteiger partial charge in [-0.15, -0.1) is 0 Å². The first-order chi connectivity index (χ1) is 7.58. The first-order valence-corrected chi connectivity index (χ1v) is 5.46. The second-order valence-electron chi connectivity index (χ2n) is 4.24. The molecule has 0 aliphatic rings. The van der Waals surface area contributed by atoms with Gasteiger partial charge in [0.1, 0.15) is 5.82 Å². The summed E-state index contributed by atoms with van der Waals surface area (Å²) in [5, 5.41) is 4.40. The fraction of sp³-hybridized carbons (Fsp3) is 0.308. The van der Waals surface area contributed by atoms with Crippen molar-refractivity contribution in [1.82, 2.24) is 9.78 Å². The highest BCUT2D eigenvalue weighted by Gasteiger charge is 2.11. The quantitative estimate of drug-likeness (QED) is 0.837. The van der Waals surface area contributed by atoms with Crippen LogP contribution in [-0.4, -0.2) is 9.78 Å². The standard InChI is InChI=1S/C13H17N3/c1-9-4-6-12(7-5-9)11(3)16-13(14)8-10(2)15-16/h4-8,11H,14H2,1-3H3. The summed E-state index contributed by atoms with van der Waals surface area (Å²) >= 11 is 0. The molecule has 0 fully saturated rings. The molecule has 0 amide bonds. The molecule has 0 saturated heterocycles. The van der Waals surface area contributed by atoms with Crippen LogP contribution in [0.2, 0.25) is 0 Å². The van der Waals surface area contributed by atoms with Gasteiger partial charge in [0.25, 0.3) is 0 Å². The molecule has 1 aromatic heterocycles. The maximum atomic E-state index is 5.91. The Balaban J connectivity index is 2.35. The molecular formula is C13H17N3. The summed E-state index contributed by atoms with van der Waals surface area (Å²) in [6, 6.07) is 10.5. The van der Waals surface area contributed by atoms with Crippen LogP contribution in [0.3, 0.4) is 0 Å². The Labute approximate surface area is 95.9 Å². The van der Waals surface area contributed by atoms with E-state index in [0.29, 0.717) is 5.82 Å². The fourth-order valence-corrected chi connectivity index (χ4v) is 1.83. The van der Waals surface area contributed by atoms with Gasteiger partial charge in [0.15, 0.2) is 0 Å². The Hall–Kier alpha value is -1.77. The number of nitrogens with zero attached hydrogens (tertiary/aromatic N) is 2. The van der Waals surface area contributed by atoms with Crippen molar-refractivity contribution in [3.05, 3.63) is 47.2 Å². The number of aryl methyl sites for hydroxylation is 2. The van der Waals surface area contributed by atoms with E-state index < -0.39 is 0 Å². The van der Waals surface area contributed by atoms with Crippen LogP contribution in [0.25, 0.3) is 0 Å². The normalized spacial score (nSPS) is 12.7. The van der Waals surface area contributed by atoms with Crippen LogP contribution in [0, 0.1) is 13.8 Å². The SMILES string of the molecule is Cc1ccc(C(C)n2nc(C)cc2N)cc1. The van der Waals surface area contributed by atoms with Gasteiger partial charge in [-0.3, -0.25) is 0 Å². The largest absolute Gasteiger partial charge is 0.384 e. The first kappa shape index (κ1) is 10.7. The van der Waals surface area contributed by atoms with Crippen molar-refractivity contribution in [2.45, 2.75) is 26.8 Å². The highest BCUT2D eigenvalue weighted by atomic mass is 15.3. The Kier molecular flexibility index (Phi) is 2.69. The number of hydrogen-bond acceptors (Lipinski definition) is 2. The molecule has 3 heteroatoms. The van der Waals surface area contributed by atoms with E-state index in [2.05, 4.69) is 43.2 Å². The third kappa shape index (κ3) is 1.94. The molecular weight excluding hydrogens is 198 g/mol. The number of hydrogen-bond donors (Lipinski definition) is 1. The number of benzene rings is 1. The van der Waals surface area contributed by atoms with E-state index in [9.17, 15) is 0 Å². The average Bonchev–Trinajstić information content (AvgIpc) is 2.58. The van der Waals surface area contributed by atoms with E-state index in [-0.39, 0.29) is 6.04 Å². The minimum atomic E-state index is 0.175. The van der Waals surface area contributed by atoms with E-state index in [4.69, 9.17) is 5.73 Å². The number of nitrogen functional groups attached to an aromatic ring is 1. The summed E-state index contributed by atoms with van der Waals surface area (Å²) < 4.78 is 1.86. The molecule has 2 rings (SSSR count). The van der Waals surface area contributed by atoms with Gasteiger partial charge in [-0.2, -0.15) is 5.10 Å². The Morgan fingerprint density at radius 2 is 1.81 bits per heavy atom.